The van der Waals surface area contributed by atoms with E-state index < -0.39 is 0 Å². The van der Waals surface area contributed by atoms with Crippen molar-refractivity contribution in [2.75, 3.05) is 6.61 Å². The zero-order valence-electron chi connectivity index (χ0n) is 10.5. The van der Waals surface area contributed by atoms with Crippen molar-refractivity contribution >= 4 is 23.9 Å². The smallest absolute Gasteiger partial charge is 0.128 e. The van der Waals surface area contributed by atoms with E-state index in [0.29, 0.717) is 6.61 Å². The molecular weight excluding hydrogens is 252 g/mol. The van der Waals surface area contributed by atoms with E-state index >= 15 is 0 Å². The van der Waals surface area contributed by atoms with Crippen molar-refractivity contribution in [1.29, 1.82) is 0 Å². The summed E-state index contributed by atoms with van der Waals surface area (Å²) in [5.41, 5.74) is 2.39. The second-order valence-corrected chi connectivity index (χ2v) is 5.32. The van der Waals surface area contributed by atoms with Crippen molar-refractivity contribution < 1.29 is 4.74 Å². The Morgan fingerprint density at radius 3 is 2.74 bits per heavy atom. The molecule has 0 atom stereocenters. The molecule has 0 unspecified atom stereocenters. The topological polar surface area (TPSA) is 9.23 Å². The van der Waals surface area contributed by atoms with Crippen LogP contribution in [0, 0.1) is 0 Å². The fourth-order valence-electron chi connectivity index (χ4n) is 2.05. The normalized spacial score (nSPS) is 12.2. The lowest BCUT2D eigenvalue weighted by Crippen LogP contribution is -1.95. The van der Waals surface area contributed by atoms with Gasteiger partial charge >= 0.3 is 0 Å². The minimum absolute atomic E-state index is 0.530. The fourth-order valence-corrected chi connectivity index (χ4v) is 3.12. The first-order valence-electron chi connectivity index (χ1n) is 6.20. The van der Waals surface area contributed by atoms with E-state index in [1.165, 1.54) is 15.4 Å². The lowest BCUT2D eigenvalue weighted by atomic mass is 10.1. The zero-order valence-corrected chi connectivity index (χ0v) is 11.3. The molecule has 0 radical (unpaired) electrons. The zero-order chi connectivity index (χ0) is 13.1. The van der Waals surface area contributed by atoms with Crippen LogP contribution in [-0.4, -0.2) is 6.61 Å². The molecule has 0 saturated carbocycles. The van der Waals surface area contributed by atoms with Crippen LogP contribution in [0.1, 0.15) is 11.1 Å². The summed E-state index contributed by atoms with van der Waals surface area (Å²) in [4.78, 5) is 2.50. The molecule has 0 aromatic heterocycles. The van der Waals surface area contributed by atoms with Crippen molar-refractivity contribution in [3.05, 3.63) is 66.2 Å². The molecule has 3 rings (SSSR count). The molecule has 0 saturated heterocycles. The van der Waals surface area contributed by atoms with E-state index in [0.717, 1.165) is 11.3 Å². The van der Waals surface area contributed by atoms with Crippen LogP contribution in [0.2, 0.25) is 0 Å². The molecule has 2 aromatic carbocycles. The van der Waals surface area contributed by atoms with Crippen LogP contribution >= 0.6 is 11.8 Å². The summed E-state index contributed by atoms with van der Waals surface area (Å²) in [6.07, 6.45) is 6.04. The van der Waals surface area contributed by atoms with E-state index in [-0.39, 0.29) is 0 Å². The summed E-state index contributed by atoms with van der Waals surface area (Å²) < 4.78 is 5.73. The van der Waals surface area contributed by atoms with Gasteiger partial charge in [-0.25, -0.2) is 0 Å². The summed E-state index contributed by atoms with van der Waals surface area (Å²) >= 11 is 1.78. The second kappa shape index (κ2) is 5.37. The molecule has 0 spiro atoms. The largest absolute Gasteiger partial charge is 0.489 e. The van der Waals surface area contributed by atoms with Crippen molar-refractivity contribution in [3.63, 3.8) is 0 Å². The summed E-state index contributed by atoms with van der Waals surface area (Å²) in [6.45, 7) is 4.22. The van der Waals surface area contributed by atoms with E-state index in [1.807, 2.05) is 12.1 Å². The van der Waals surface area contributed by atoms with Crippen molar-refractivity contribution in [2.45, 2.75) is 9.79 Å². The molecule has 2 heteroatoms. The van der Waals surface area contributed by atoms with Crippen molar-refractivity contribution in [2.24, 2.45) is 0 Å². The van der Waals surface area contributed by atoms with E-state index in [2.05, 4.69) is 49.1 Å². The fraction of sp³-hybridized carbons (Fsp3) is 0.0588. The van der Waals surface area contributed by atoms with Gasteiger partial charge in [-0.2, -0.15) is 0 Å². The molecule has 0 aliphatic carbocycles. The van der Waals surface area contributed by atoms with E-state index in [9.17, 15) is 0 Å². The van der Waals surface area contributed by atoms with E-state index in [1.54, 1.807) is 17.8 Å². The van der Waals surface area contributed by atoms with Crippen LogP contribution in [0.25, 0.3) is 12.2 Å². The van der Waals surface area contributed by atoms with Gasteiger partial charge in [-0.1, -0.05) is 54.8 Å². The van der Waals surface area contributed by atoms with Gasteiger partial charge in [-0.15, -0.1) is 0 Å². The molecule has 0 bridgehead atoms. The van der Waals surface area contributed by atoms with Gasteiger partial charge < -0.3 is 4.74 Å². The molecule has 1 aliphatic rings. The Hall–Kier alpha value is -1.93. The van der Waals surface area contributed by atoms with Gasteiger partial charge in [0, 0.05) is 15.4 Å². The Balaban J connectivity index is 2.05. The Morgan fingerprint density at radius 1 is 1.00 bits per heavy atom. The third-order valence-corrected chi connectivity index (χ3v) is 4.12. The van der Waals surface area contributed by atoms with Crippen LogP contribution in [-0.2, 0) is 0 Å². The maximum atomic E-state index is 5.73. The van der Waals surface area contributed by atoms with Crippen molar-refractivity contribution in [3.8, 4) is 5.75 Å². The molecule has 19 heavy (non-hydrogen) atoms. The van der Waals surface area contributed by atoms with Crippen LogP contribution in [0.15, 0.2) is 64.9 Å². The summed E-state index contributed by atoms with van der Waals surface area (Å²) in [5, 5.41) is 0. The van der Waals surface area contributed by atoms with Gasteiger partial charge in [0.2, 0.25) is 0 Å². The Morgan fingerprint density at radius 2 is 1.84 bits per heavy atom. The molecule has 1 nitrogen and oxygen atoms in total. The van der Waals surface area contributed by atoms with Gasteiger partial charge in [-0.05, 0) is 29.8 Å². The first-order valence-corrected chi connectivity index (χ1v) is 7.02. The first-order chi connectivity index (χ1) is 9.38. The lowest BCUT2D eigenvalue weighted by Gasteiger charge is -2.10. The predicted molar refractivity (Wildman–Crippen MR) is 81.6 cm³/mol. The summed E-state index contributed by atoms with van der Waals surface area (Å²) in [5.74, 6) is 0.911. The quantitative estimate of drug-likeness (QED) is 0.624. The number of hydrogen-bond donors (Lipinski definition) is 0. The highest BCUT2D eigenvalue weighted by atomic mass is 32.2. The third kappa shape index (κ3) is 2.45. The highest BCUT2D eigenvalue weighted by molar-refractivity contribution is 7.99. The minimum Gasteiger partial charge on any atom is -0.489 e. The third-order valence-electron chi connectivity index (χ3n) is 2.95. The molecule has 1 aliphatic heterocycles. The molecule has 2 aromatic rings. The van der Waals surface area contributed by atoms with Gasteiger partial charge in [0.15, 0.2) is 0 Å². The molecule has 0 amide bonds. The van der Waals surface area contributed by atoms with Crippen LogP contribution in [0.4, 0.5) is 0 Å². The lowest BCUT2D eigenvalue weighted by molar-refractivity contribution is 0.361. The van der Waals surface area contributed by atoms with E-state index in [4.69, 9.17) is 4.74 Å². The maximum absolute atomic E-state index is 5.73. The number of fused-ring (bicyclic) bond motifs is 2. The van der Waals surface area contributed by atoms with Crippen LogP contribution < -0.4 is 4.74 Å². The molecule has 94 valence electrons. The van der Waals surface area contributed by atoms with Gasteiger partial charge in [0.25, 0.3) is 0 Å². The Labute approximate surface area is 117 Å². The van der Waals surface area contributed by atoms with Gasteiger partial charge in [-0.3, -0.25) is 0 Å². The Kier molecular flexibility index (Phi) is 3.43. The molecule has 1 heterocycles. The van der Waals surface area contributed by atoms with Crippen LogP contribution in [0.5, 0.6) is 5.75 Å². The number of benzene rings is 2. The van der Waals surface area contributed by atoms with Crippen molar-refractivity contribution in [1.82, 2.24) is 0 Å². The first kappa shape index (κ1) is 12.1. The molecular formula is C17H14OS. The standard InChI is InChI=1S/C17H14OS/c1-2-12-18-15-7-5-9-17-14(15)11-10-13-6-3-4-8-16(13)19-17/h2-11H,1,12H2. The number of ether oxygens (including phenoxy) is 1. The number of rotatable bonds is 3. The maximum Gasteiger partial charge on any atom is 0.128 e. The number of hydrogen-bond acceptors (Lipinski definition) is 2. The van der Waals surface area contributed by atoms with Crippen LogP contribution in [0.3, 0.4) is 0 Å². The highest BCUT2D eigenvalue weighted by Crippen LogP contribution is 2.40. The van der Waals surface area contributed by atoms with Gasteiger partial charge in [0.1, 0.15) is 12.4 Å². The monoisotopic (exact) mass is 266 g/mol. The Bertz CT molecular complexity index is 643. The average molecular weight is 266 g/mol. The van der Waals surface area contributed by atoms with Gasteiger partial charge in [0.05, 0.1) is 0 Å². The molecule has 0 N–H and O–H groups in total. The SMILES string of the molecule is C=CCOc1cccc2c1C=Cc1ccccc1S2. The average Bonchev–Trinajstić information content (AvgIpc) is 2.64. The highest BCUT2D eigenvalue weighted by Gasteiger charge is 2.12. The molecule has 0 fully saturated rings. The summed E-state index contributed by atoms with van der Waals surface area (Å²) in [6, 6.07) is 14.6. The summed E-state index contributed by atoms with van der Waals surface area (Å²) in [7, 11) is 0. The second-order valence-electron chi connectivity index (χ2n) is 4.24. The minimum atomic E-state index is 0.530. The predicted octanol–water partition coefficient (Wildman–Crippen LogP) is 4.89.